The van der Waals surface area contributed by atoms with Gasteiger partial charge in [0.1, 0.15) is 0 Å². The fraction of sp³-hybridized carbons (Fsp3) is 0. The Kier molecular flexibility index (Phi) is 3.57. The van der Waals surface area contributed by atoms with Crippen molar-refractivity contribution in [1.82, 2.24) is 0 Å². The van der Waals surface area contributed by atoms with Crippen molar-refractivity contribution in [2.75, 3.05) is 10.6 Å². The molecule has 0 saturated heterocycles. The van der Waals surface area contributed by atoms with Gasteiger partial charge in [0.25, 0.3) is 0 Å². The lowest BCUT2D eigenvalue weighted by Gasteiger charge is -2.29. The average molecular weight is 525 g/mol. The molecule has 7 aromatic carbocycles. The van der Waals surface area contributed by atoms with Gasteiger partial charge < -0.3 is 10.6 Å². The van der Waals surface area contributed by atoms with Gasteiger partial charge in [0.15, 0.2) is 0 Å². The first kappa shape index (κ1) is 14.2. The Morgan fingerprint density at radius 2 is 1.05 bits per heavy atom. The first-order chi connectivity index (χ1) is 24.8. The predicted molar refractivity (Wildman–Crippen MR) is 171 cm³/mol. The van der Waals surface area contributed by atoms with E-state index in [4.69, 9.17) is 18.1 Å². The van der Waals surface area contributed by atoms with Crippen molar-refractivity contribution >= 4 is 44.3 Å². The van der Waals surface area contributed by atoms with E-state index in [2.05, 4.69) is 0 Å². The van der Waals surface area contributed by atoms with Gasteiger partial charge in [-0.2, -0.15) is 0 Å². The summed E-state index contributed by atoms with van der Waals surface area (Å²) < 4.78 is 107. The third-order valence-corrected chi connectivity index (χ3v) is 6.68. The number of rotatable bonds is 5. The van der Waals surface area contributed by atoms with Crippen LogP contribution in [0.2, 0.25) is 0 Å². The summed E-state index contributed by atoms with van der Waals surface area (Å²) in [6.45, 7) is 0. The van der Waals surface area contributed by atoms with Crippen molar-refractivity contribution in [1.29, 1.82) is 0 Å². The molecule has 0 aliphatic rings. The van der Waals surface area contributed by atoms with E-state index in [0.29, 0.717) is 11.4 Å². The van der Waals surface area contributed by atoms with Gasteiger partial charge in [0.2, 0.25) is 0 Å². The molecule has 40 heavy (non-hydrogen) atoms. The summed E-state index contributed by atoms with van der Waals surface area (Å²) in [7, 11) is 0. The highest BCUT2D eigenvalue weighted by Gasteiger charge is 2.19. The van der Waals surface area contributed by atoms with Crippen LogP contribution in [0, 0.1) is 0 Å². The number of nitrogens with two attached hydrogens (primary N) is 1. The Labute approximate surface area is 251 Å². The van der Waals surface area contributed by atoms with Crippen molar-refractivity contribution in [2.24, 2.45) is 0 Å². The summed E-state index contributed by atoms with van der Waals surface area (Å²) in [5, 5.41) is 3.13. The number of benzene rings is 7. The Morgan fingerprint density at radius 1 is 0.500 bits per heavy atom. The van der Waals surface area contributed by atoms with Gasteiger partial charge in [0.05, 0.1) is 27.8 Å². The second kappa shape index (κ2) is 10.1. The summed E-state index contributed by atoms with van der Waals surface area (Å²) in [6.07, 6.45) is 0. The molecule has 0 fully saturated rings. The van der Waals surface area contributed by atoms with E-state index in [-0.39, 0.29) is 5.69 Å². The maximum atomic E-state index is 9.91. The van der Waals surface area contributed by atoms with E-state index in [1.54, 1.807) is 17.0 Å². The molecule has 0 bridgehead atoms. The summed E-state index contributed by atoms with van der Waals surface area (Å²) >= 11 is 0. The van der Waals surface area contributed by atoms with Crippen LogP contribution in [0.5, 0.6) is 0 Å². The molecule has 0 aromatic heterocycles. The molecule has 190 valence electrons. The maximum absolute atomic E-state index is 9.91. The number of nitrogen functional groups attached to an aromatic ring is 1. The Morgan fingerprint density at radius 3 is 1.68 bits per heavy atom. The zero-order valence-electron chi connectivity index (χ0n) is 33.1. The molecular weight excluding hydrogens is 484 g/mol. The van der Waals surface area contributed by atoms with Crippen LogP contribution in [0.1, 0.15) is 16.4 Å². The number of hydrogen-bond acceptors (Lipinski definition) is 2. The summed E-state index contributed by atoms with van der Waals surface area (Å²) in [5.74, 6) is 0. The van der Waals surface area contributed by atoms with E-state index >= 15 is 0 Å². The zero-order chi connectivity index (χ0) is 37.3. The molecule has 0 atom stereocenters. The number of nitrogens with zero attached hydrogens (tertiary/aromatic N) is 1. The molecule has 0 aliphatic heterocycles. The topological polar surface area (TPSA) is 29.3 Å². The second-order valence-corrected chi connectivity index (χ2v) is 9.09. The van der Waals surface area contributed by atoms with E-state index in [0.717, 1.165) is 21.5 Å². The number of fused-ring (bicyclic) bond motifs is 2. The second-order valence-electron chi connectivity index (χ2n) is 9.09. The van der Waals surface area contributed by atoms with Crippen LogP contribution in [0.25, 0.3) is 43.8 Å². The summed E-state index contributed by atoms with van der Waals surface area (Å²) in [5.41, 5.74) is 4.42. The largest absolute Gasteiger partial charge is 0.399 e. The van der Waals surface area contributed by atoms with Crippen molar-refractivity contribution < 1.29 is 16.4 Å². The molecule has 2 nitrogen and oxygen atoms in total. The van der Waals surface area contributed by atoms with E-state index in [9.17, 15) is 4.11 Å². The van der Waals surface area contributed by atoms with E-state index in [1.807, 2.05) is 72.8 Å². The minimum atomic E-state index is -0.721. The van der Waals surface area contributed by atoms with Gasteiger partial charge in [-0.05, 0) is 69.3 Å². The first-order valence-corrected chi connectivity index (χ1v) is 12.6. The molecule has 0 unspecified atom stereocenters. The molecule has 0 amide bonds. The summed E-state index contributed by atoms with van der Waals surface area (Å²) in [6, 6.07) is 18.2. The van der Waals surface area contributed by atoms with Crippen molar-refractivity contribution in [2.45, 2.75) is 0 Å². The van der Waals surface area contributed by atoms with Crippen LogP contribution < -0.4 is 10.6 Å². The summed E-state index contributed by atoms with van der Waals surface area (Å²) in [4.78, 5) is 1.65. The molecule has 0 saturated carbocycles. The van der Waals surface area contributed by atoms with Gasteiger partial charge in [-0.1, -0.05) is 121 Å². The van der Waals surface area contributed by atoms with Crippen LogP contribution in [-0.4, -0.2) is 0 Å². The fourth-order valence-corrected chi connectivity index (χ4v) is 4.88. The van der Waals surface area contributed by atoms with E-state index < -0.39 is 100 Å². The van der Waals surface area contributed by atoms with E-state index in [1.165, 1.54) is 0 Å². The highest BCUT2D eigenvalue weighted by molar-refractivity contribution is 6.05. The molecule has 0 aliphatic carbocycles. The fourth-order valence-electron chi connectivity index (χ4n) is 4.88. The third kappa shape index (κ3) is 4.26. The normalized spacial score (nSPS) is 15.3. The molecule has 7 aromatic rings. The van der Waals surface area contributed by atoms with Crippen LogP contribution >= 0.6 is 0 Å². The number of hydrogen-bond donors (Lipinski definition) is 1. The molecule has 7 rings (SSSR count). The van der Waals surface area contributed by atoms with Crippen LogP contribution in [0.3, 0.4) is 0 Å². The minimum Gasteiger partial charge on any atom is -0.399 e. The highest BCUT2D eigenvalue weighted by Crippen LogP contribution is 2.44. The van der Waals surface area contributed by atoms with Crippen LogP contribution in [-0.2, 0) is 0 Å². The van der Waals surface area contributed by atoms with Crippen LogP contribution in [0.15, 0.2) is 157 Å². The number of anilines is 4. The van der Waals surface area contributed by atoms with Gasteiger partial charge in [-0.3, -0.25) is 0 Å². The first-order valence-electron chi connectivity index (χ1n) is 18.6. The lowest BCUT2D eigenvalue weighted by molar-refractivity contribution is 1.31. The predicted octanol–water partition coefficient (Wildman–Crippen LogP) is 10.4. The maximum Gasteiger partial charge on any atom is 0.0652 e. The quantitative estimate of drug-likeness (QED) is 0.227. The minimum absolute atomic E-state index is 0.172. The molecule has 2 heteroatoms. The lowest BCUT2D eigenvalue weighted by atomic mass is 9.93. The lowest BCUT2D eigenvalue weighted by Crippen LogP contribution is -2.11. The monoisotopic (exact) mass is 524 g/mol. The molecule has 2 N–H and O–H groups in total. The van der Waals surface area contributed by atoms with Gasteiger partial charge in [-0.15, -0.1) is 0 Å². The third-order valence-electron chi connectivity index (χ3n) is 6.68. The Balaban J connectivity index is 1.74. The SMILES string of the molecule is [2H]c1c([2H])c([2H])c(-c2c([2H])c(N(c3cccc4ccccc34)c3cccc4ccccc34)c([2H])c([2H])c2-c2c([2H])c([2H])c(N)c([2H])c2[2H])c([2H])c1[2H]. The van der Waals surface area contributed by atoms with Crippen molar-refractivity contribution in [3.8, 4) is 22.3 Å². The van der Waals surface area contributed by atoms with Crippen molar-refractivity contribution in [3.63, 3.8) is 0 Å². The van der Waals surface area contributed by atoms with Crippen LogP contribution in [0.4, 0.5) is 22.7 Å². The molecule has 0 radical (unpaired) electrons. The highest BCUT2D eigenvalue weighted by atomic mass is 15.1. The van der Waals surface area contributed by atoms with Gasteiger partial charge in [0, 0.05) is 22.1 Å². The average Bonchev–Trinajstić information content (AvgIpc) is 3.16. The molecular formula is C38H28N2. The molecule has 0 spiro atoms. The Hall–Kier alpha value is -5.34. The standard InChI is InChI=1S/C38H28N2/c39-31-22-20-30(21-23-31)33-25-24-32(26-36(33)29-10-2-1-3-11-29)40(37-18-8-14-27-12-4-6-16-34(27)37)38-19-9-15-28-13-5-7-17-35(28)38/h1-26H,39H2/i1D,2D,3D,10D,11D,20D,21D,22D,23D,24D,25D,26D. The molecule has 0 heterocycles. The van der Waals surface area contributed by atoms with Crippen molar-refractivity contribution in [3.05, 3.63) is 157 Å². The smallest absolute Gasteiger partial charge is 0.0652 e. The van der Waals surface area contributed by atoms with Gasteiger partial charge in [-0.25, -0.2) is 0 Å². The Bertz CT molecular complexity index is 2490. The zero-order valence-corrected chi connectivity index (χ0v) is 21.1. The van der Waals surface area contributed by atoms with Gasteiger partial charge >= 0.3 is 0 Å².